The van der Waals surface area contributed by atoms with Crippen LogP contribution in [0.5, 0.6) is 11.5 Å². The van der Waals surface area contributed by atoms with Crippen molar-refractivity contribution in [1.29, 1.82) is 0 Å². The summed E-state index contributed by atoms with van der Waals surface area (Å²) in [5.74, 6) is 0.633. The molecule has 1 N–H and O–H groups in total. The van der Waals surface area contributed by atoms with Gasteiger partial charge in [0.15, 0.2) is 11.5 Å². The Morgan fingerprint density at radius 3 is 2.42 bits per heavy atom. The minimum absolute atomic E-state index is 0.0168. The Balaban J connectivity index is 1.56. The maximum atomic E-state index is 13.2. The third-order valence-corrected chi connectivity index (χ3v) is 6.69. The van der Waals surface area contributed by atoms with Gasteiger partial charge in [0, 0.05) is 23.3 Å². The van der Waals surface area contributed by atoms with Gasteiger partial charge in [0.1, 0.15) is 0 Å². The molecule has 7 nitrogen and oxygen atoms in total. The van der Waals surface area contributed by atoms with E-state index in [1.165, 1.54) is 12.1 Å². The molecular weight excluding hydrogens is 440 g/mol. The minimum Gasteiger partial charge on any atom is -0.454 e. The normalized spacial score (nSPS) is 12.7. The molecule has 9 heteroatoms. The van der Waals surface area contributed by atoms with Crippen molar-refractivity contribution in [2.45, 2.75) is 11.4 Å². The summed E-state index contributed by atoms with van der Waals surface area (Å²) in [4.78, 5) is 12.8. The lowest BCUT2D eigenvalue weighted by Crippen LogP contribution is -2.37. The number of benzene rings is 3. The van der Waals surface area contributed by atoms with Crippen molar-refractivity contribution in [2.24, 2.45) is 0 Å². The first-order valence-corrected chi connectivity index (χ1v) is 11.2. The third kappa shape index (κ3) is 4.99. The number of halogens is 1. The highest BCUT2D eigenvalue weighted by Crippen LogP contribution is 2.34. The fourth-order valence-corrected chi connectivity index (χ4v) is 4.63. The van der Waals surface area contributed by atoms with Crippen LogP contribution < -0.4 is 14.8 Å². The van der Waals surface area contributed by atoms with Crippen LogP contribution in [0.25, 0.3) is 0 Å². The number of carbonyl (C=O) groups is 1. The number of carbonyl (C=O) groups excluding carboxylic acids is 1. The van der Waals surface area contributed by atoms with Crippen LogP contribution in [-0.4, -0.2) is 32.0 Å². The van der Waals surface area contributed by atoms with E-state index in [9.17, 15) is 13.2 Å². The molecule has 1 amide bonds. The summed E-state index contributed by atoms with van der Waals surface area (Å²) in [5, 5.41) is 3.26. The fraction of sp³-hybridized carbons (Fsp3) is 0.136. The molecule has 1 aliphatic rings. The highest BCUT2D eigenvalue weighted by molar-refractivity contribution is 7.89. The third-order valence-electron chi connectivity index (χ3n) is 4.63. The molecule has 0 saturated carbocycles. The zero-order chi connectivity index (χ0) is 21.8. The van der Waals surface area contributed by atoms with E-state index in [-0.39, 0.29) is 24.8 Å². The van der Waals surface area contributed by atoms with Gasteiger partial charge in [-0.1, -0.05) is 41.9 Å². The van der Waals surface area contributed by atoms with Crippen molar-refractivity contribution < 1.29 is 22.7 Å². The Hall–Kier alpha value is -3.07. The van der Waals surface area contributed by atoms with Gasteiger partial charge in [-0.15, -0.1) is 0 Å². The van der Waals surface area contributed by atoms with E-state index >= 15 is 0 Å². The highest BCUT2D eigenvalue weighted by Gasteiger charge is 2.27. The number of fused-ring (bicyclic) bond motifs is 1. The van der Waals surface area contributed by atoms with E-state index in [0.717, 1.165) is 4.31 Å². The van der Waals surface area contributed by atoms with Gasteiger partial charge >= 0.3 is 0 Å². The second-order valence-electron chi connectivity index (χ2n) is 6.83. The lowest BCUT2D eigenvalue weighted by Gasteiger charge is -2.22. The van der Waals surface area contributed by atoms with Crippen molar-refractivity contribution in [3.8, 4) is 11.5 Å². The summed E-state index contributed by atoms with van der Waals surface area (Å²) >= 11 is 5.93. The van der Waals surface area contributed by atoms with Crippen molar-refractivity contribution in [2.75, 3.05) is 18.7 Å². The number of hydrogen-bond acceptors (Lipinski definition) is 5. The predicted octanol–water partition coefficient (Wildman–Crippen LogP) is 3.90. The largest absolute Gasteiger partial charge is 0.454 e. The predicted molar refractivity (Wildman–Crippen MR) is 117 cm³/mol. The number of anilines is 1. The van der Waals surface area contributed by atoms with Crippen LogP contribution >= 0.6 is 11.6 Å². The number of sulfonamides is 1. The highest BCUT2D eigenvalue weighted by atomic mass is 35.5. The molecule has 160 valence electrons. The molecular formula is C22H19ClN2O5S. The fourth-order valence-electron chi connectivity index (χ4n) is 3.10. The number of nitrogens with one attached hydrogen (secondary N) is 1. The van der Waals surface area contributed by atoms with Gasteiger partial charge in [-0.25, -0.2) is 8.42 Å². The van der Waals surface area contributed by atoms with Gasteiger partial charge in [-0.3, -0.25) is 4.79 Å². The Labute approximate surface area is 185 Å². The van der Waals surface area contributed by atoms with Gasteiger partial charge < -0.3 is 14.8 Å². The van der Waals surface area contributed by atoms with Gasteiger partial charge in [0.2, 0.25) is 22.7 Å². The van der Waals surface area contributed by atoms with Crippen LogP contribution in [0.4, 0.5) is 5.69 Å². The number of ether oxygens (including phenoxy) is 2. The smallest absolute Gasteiger partial charge is 0.243 e. The molecule has 1 heterocycles. The summed E-state index contributed by atoms with van der Waals surface area (Å²) in [6, 6.07) is 19.8. The topological polar surface area (TPSA) is 84.9 Å². The number of nitrogens with zero attached hydrogens (tertiary/aromatic N) is 1. The molecule has 4 rings (SSSR count). The molecule has 0 spiro atoms. The molecule has 0 aliphatic carbocycles. The molecule has 0 unspecified atom stereocenters. The first kappa shape index (κ1) is 21.2. The zero-order valence-electron chi connectivity index (χ0n) is 16.3. The number of rotatable bonds is 7. The molecule has 0 bridgehead atoms. The molecule has 1 aliphatic heterocycles. The summed E-state index contributed by atoms with van der Waals surface area (Å²) in [6.45, 7) is -0.228. The Morgan fingerprint density at radius 1 is 0.968 bits per heavy atom. The lowest BCUT2D eigenvalue weighted by atomic mass is 10.2. The molecule has 3 aromatic carbocycles. The number of hydrogen-bond donors (Lipinski definition) is 1. The first-order valence-electron chi connectivity index (χ1n) is 9.41. The van der Waals surface area contributed by atoms with Gasteiger partial charge in [-0.2, -0.15) is 4.31 Å². The standard InChI is InChI=1S/C22H19ClN2O5S/c23-17-8-6-16(7-9-17)13-25(31(27,28)19-4-2-1-3-5-19)14-22(26)24-18-10-11-20-21(12-18)30-15-29-20/h1-12H,13-15H2,(H,24,26). The maximum Gasteiger partial charge on any atom is 0.243 e. The molecule has 0 radical (unpaired) electrons. The van der Waals surface area contributed by atoms with E-state index in [2.05, 4.69) is 5.32 Å². The summed E-state index contributed by atoms with van der Waals surface area (Å²) in [6.07, 6.45) is 0. The second kappa shape index (κ2) is 8.97. The summed E-state index contributed by atoms with van der Waals surface area (Å²) < 4.78 is 38.2. The lowest BCUT2D eigenvalue weighted by molar-refractivity contribution is -0.116. The molecule has 0 saturated heterocycles. The monoisotopic (exact) mass is 458 g/mol. The minimum atomic E-state index is -3.91. The average Bonchev–Trinajstić information content (AvgIpc) is 3.23. The molecule has 0 aromatic heterocycles. The van der Waals surface area contributed by atoms with Crippen LogP contribution in [0, 0.1) is 0 Å². The average molecular weight is 459 g/mol. The van der Waals surface area contributed by atoms with Crippen LogP contribution in [-0.2, 0) is 21.4 Å². The van der Waals surface area contributed by atoms with Crippen molar-refractivity contribution in [3.05, 3.63) is 83.4 Å². The molecule has 3 aromatic rings. The van der Waals surface area contributed by atoms with E-state index in [1.54, 1.807) is 60.7 Å². The van der Waals surface area contributed by atoms with Gasteiger partial charge in [0.05, 0.1) is 11.4 Å². The van der Waals surface area contributed by atoms with Crippen molar-refractivity contribution >= 4 is 33.2 Å². The van der Waals surface area contributed by atoms with E-state index < -0.39 is 15.9 Å². The van der Waals surface area contributed by atoms with E-state index in [4.69, 9.17) is 21.1 Å². The van der Waals surface area contributed by atoms with Gasteiger partial charge in [0.25, 0.3) is 0 Å². The quantitative estimate of drug-likeness (QED) is 0.580. The first-order chi connectivity index (χ1) is 14.9. The van der Waals surface area contributed by atoms with Crippen molar-refractivity contribution in [3.63, 3.8) is 0 Å². The van der Waals surface area contributed by atoms with Crippen LogP contribution in [0.2, 0.25) is 5.02 Å². The van der Waals surface area contributed by atoms with Crippen LogP contribution in [0.3, 0.4) is 0 Å². The van der Waals surface area contributed by atoms with Gasteiger partial charge in [-0.05, 0) is 42.0 Å². The SMILES string of the molecule is O=C(CN(Cc1ccc(Cl)cc1)S(=O)(=O)c1ccccc1)Nc1ccc2c(c1)OCO2. The molecule has 31 heavy (non-hydrogen) atoms. The van der Waals surface area contributed by atoms with Crippen LogP contribution in [0.15, 0.2) is 77.7 Å². The van der Waals surface area contributed by atoms with Crippen molar-refractivity contribution in [1.82, 2.24) is 4.31 Å². The molecule has 0 fully saturated rings. The summed E-state index contributed by atoms with van der Waals surface area (Å²) in [7, 11) is -3.91. The maximum absolute atomic E-state index is 13.2. The Bertz CT molecular complexity index is 1180. The summed E-state index contributed by atoms with van der Waals surface area (Å²) in [5.41, 5.74) is 1.19. The van der Waals surface area contributed by atoms with E-state index in [0.29, 0.717) is 27.8 Å². The molecule has 0 atom stereocenters. The second-order valence-corrected chi connectivity index (χ2v) is 9.20. The Kier molecular flexibility index (Phi) is 6.13. The Morgan fingerprint density at radius 2 is 1.68 bits per heavy atom. The zero-order valence-corrected chi connectivity index (χ0v) is 17.9. The number of amides is 1. The van der Waals surface area contributed by atoms with E-state index in [1.807, 2.05) is 0 Å². The van der Waals surface area contributed by atoms with Crippen LogP contribution in [0.1, 0.15) is 5.56 Å².